The van der Waals surface area contributed by atoms with Crippen LogP contribution in [0.5, 0.6) is 11.5 Å². The van der Waals surface area contributed by atoms with Gasteiger partial charge in [-0.2, -0.15) is 0 Å². The molecule has 0 amide bonds. The summed E-state index contributed by atoms with van der Waals surface area (Å²) in [5.41, 5.74) is 6.35. The van der Waals surface area contributed by atoms with E-state index in [0.717, 1.165) is 5.56 Å². The van der Waals surface area contributed by atoms with Gasteiger partial charge in [0.05, 0.1) is 14.2 Å². The van der Waals surface area contributed by atoms with Crippen molar-refractivity contribution in [2.45, 2.75) is 18.9 Å². The molecule has 0 aliphatic heterocycles. The van der Waals surface area contributed by atoms with Crippen LogP contribution in [0.25, 0.3) is 0 Å². The van der Waals surface area contributed by atoms with Crippen molar-refractivity contribution < 1.29 is 19.4 Å². The lowest BCUT2D eigenvalue weighted by molar-refractivity contribution is -0.138. The molecule has 0 saturated carbocycles. The fourth-order valence-corrected chi connectivity index (χ4v) is 1.51. The molecule has 0 unspecified atom stereocenters. The Labute approximate surface area is 100 Å². The van der Waals surface area contributed by atoms with Gasteiger partial charge in [0.15, 0.2) is 0 Å². The first-order chi connectivity index (χ1) is 8.08. The van der Waals surface area contributed by atoms with E-state index in [4.69, 9.17) is 20.3 Å². The SMILES string of the molecule is COc1ccc(OC)c(CC[C@@H](N)C(=O)O)c1. The minimum absolute atomic E-state index is 0.360. The standard InChI is InChI=1S/C12H17NO4/c1-16-9-4-6-11(17-2)8(7-9)3-5-10(13)12(14)15/h4,6-7,10H,3,5,13H2,1-2H3,(H,14,15)/t10-/m1/s1. The second-order valence-corrected chi connectivity index (χ2v) is 3.66. The highest BCUT2D eigenvalue weighted by molar-refractivity contribution is 5.73. The van der Waals surface area contributed by atoms with Gasteiger partial charge in [0.2, 0.25) is 0 Å². The van der Waals surface area contributed by atoms with Gasteiger partial charge in [-0.15, -0.1) is 0 Å². The fourth-order valence-electron chi connectivity index (χ4n) is 1.51. The molecule has 0 radical (unpaired) electrons. The van der Waals surface area contributed by atoms with Crippen LogP contribution in [0.1, 0.15) is 12.0 Å². The Morgan fingerprint density at radius 3 is 2.65 bits per heavy atom. The van der Waals surface area contributed by atoms with Crippen molar-refractivity contribution in [1.82, 2.24) is 0 Å². The van der Waals surface area contributed by atoms with Crippen molar-refractivity contribution in [2.24, 2.45) is 5.73 Å². The molecule has 1 aromatic rings. The number of carboxylic acids is 1. The van der Waals surface area contributed by atoms with Crippen LogP contribution in [-0.4, -0.2) is 31.3 Å². The highest BCUT2D eigenvalue weighted by Crippen LogP contribution is 2.25. The summed E-state index contributed by atoms with van der Waals surface area (Å²) in [7, 11) is 3.15. The zero-order chi connectivity index (χ0) is 12.8. The molecule has 0 aromatic heterocycles. The van der Waals surface area contributed by atoms with Gasteiger partial charge < -0.3 is 20.3 Å². The maximum Gasteiger partial charge on any atom is 0.320 e. The zero-order valence-corrected chi connectivity index (χ0v) is 9.97. The van der Waals surface area contributed by atoms with Crippen LogP contribution in [0.3, 0.4) is 0 Å². The summed E-state index contributed by atoms with van der Waals surface area (Å²) in [4.78, 5) is 10.6. The monoisotopic (exact) mass is 239 g/mol. The number of hydrogen-bond donors (Lipinski definition) is 2. The molecule has 17 heavy (non-hydrogen) atoms. The largest absolute Gasteiger partial charge is 0.497 e. The number of methoxy groups -OCH3 is 2. The third-order valence-corrected chi connectivity index (χ3v) is 2.53. The van der Waals surface area contributed by atoms with E-state index >= 15 is 0 Å². The molecule has 5 nitrogen and oxygen atoms in total. The van der Waals surface area contributed by atoms with Gasteiger partial charge in [-0.25, -0.2) is 0 Å². The summed E-state index contributed by atoms with van der Waals surface area (Å²) in [6, 6.07) is 4.55. The summed E-state index contributed by atoms with van der Waals surface area (Å²) in [6.07, 6.45) is 0.896. The van der Waals surface area contributed by atoms with E-state index in [9.17, 15) is 4.79 Å². The van der Waals surface area contributed by atoms with Gasteiger partial charge in [-0.3, -0.25) is 4.79 Å². The minimum Gasteiger partial charge on any atom is -0.497 e. The lowest BCUT2D eigenvalue weighted by atomic mass is 10.0. The number of aryl methyl sites for hydroxylation is 1. The molecule has 0 heterocycles. The van der Waals surface area contributed by atoms with Crippen molar-refractivity contribution in [1.29, 1.82) is 0 Å². The van der Waals surface area contributed by atoms with Crippen LogP contribution in [0.15, 0.2) is 18.2 Å². The molecule has 0 aliphatic rings. The van der Waals surface area contributed by atoms with E-state index in [1.54, 1.807) is 26.4 Å². The highest BCUT2D eigenvalue weighted by atomic mass is 16.5. The van der Waals surface area contributed by atoms with Gasteiger partial charge in [-0.05, 0) is 36.6 Å². The van der Waals surface area contributed by atoms with Crippen molar-refractivity contribution >= 4 is 5.97 Å². The zero-order valence-electron chi connectivity index (χ0n) is 9.97. The molecule has 94 valence electrons. The Balaban J connectivity index is 2.77. The molecule has 1 atom stereocenters. The van der Waals surface area contributed by atoms with E-state index in [0.29, 0.717) is 24.3 Å². The normalized spacial score (nSPS) is 11.9. The average molecular weight is 239 g/mol. The fraction of sp³-hybridized carbons (Fsp3) is 0.417. The van der Waals surface area contributed by atoms with Crippen molar-refractivity contribution in [3.05, 3.63) is 23.8 Å². The van der Waals surface area contributed by atoms with Gasteiger partial charge in [0.25, 0.3) is 0 Å². The smallest absolute Gasteiger partial charge is 0.320 e. The number of benzene rings is 1. The van der Waals surface area contributed by atoms with Crippen LogP contribution in [0, 0.1) is 0 Å². The van der Waals surface area contributed by atoms with Crippen LogP contribution < -0.4 is 15.2 Å². The summed E-state index contributed by atoms with van der Waals surface area (Å²) in [5.74, 6) is 0.431. The molecule has 0 spiro atoms. The van der Waals surface area contributed by atoms with Crippen LogP contribution in [-0.2, 0) is 11.2 Å². The summed E-state index contributed by atoms with van der Waals surface area (Å²) in [6.45, 7) is 0. The lowest BCUT2D eigenvalue weighted by Crippen LogP contribution is -2.30. The number of hydrogen-bond acceptors (Lipinski definition) is 4. The second-order valence-electron chi connectivity index (χ2n) is 3.66. The number of rotatable bonds is 6. The Morgan fingerprint density at radius 2 is 2.12 bits per heavy atom. The predicted octanol–water partition coefficient (Wildman–Crippen LogP) is 1.05. The lowest BCUT2D eigenvalue weighted by Gasteiger charge is -2.11. The topological polar surface area (TPSA) is 81.8 Å². The first-order valence-electron chi connectivity index (χ1n) is 5.27. The van der Waals surface area contributed by atoms with Crippen LogP contribution >= 0.6 is 0 Å². The number of nitrogens with two attached hydrogens (primary N) is 1. The van der Waals surface area contributed by atoms with E-state index in [2.05, 4.69) is 0 Å². The third kappa shape index (κ3) is 3.64. The predicted molar refractivity (Wildman–Crippen MR) is 63.5 cm³/mol. The molecule has 5 heteroatoms. The van der Waals surface area contributed by atoms with Crippen LogP contribution in [0.4, 0.5) is 0 Å². The highest BCUT2D eigenvalue weighted by Gasteiger charge is 2.13. The number of carbonyl (C=O) groups is 1. The average Bonchev–Trinajstić information content (AvgIpc) is 2.35. The van der Waals surface area contributed by atoms with Gasteiger partial charge in [0.1, 0.15) is 17.5 Å². The first-order valence-corrected chi connectivity index (χ1v) is 5.27. The van der Waals surface area contributed by atoms with E-state index < -0.39 is 12.0 Å². The molecule has 0 bridgehead atoms. The number of carboxylic acid groups (broad SMARTS) is 1. The molecule has 0 fully saturated rings. The summed E-state index contributed by atoms with van der Waals surface area (Å²) >= 11 is 0. The first kappa shape index (κ1) is 13.3. The minimum atomic E-state index is -0.994. The Kier molecular flexibility index (Phi) is 4.78. The molecule has 0 aliphatic carbocycles. The molecular weight excluding hydrogens is 222 g/mol. The van der Waals surface area contributed by atoms with Gasteiger partial charge >= 0.3 is 5.97 Å². The summed E-state index contributed by atoms with van der Waals surface area (Å²) in [5, 5.41) is 8.71. The number of ether oxygens (including phenoxy) is 2. The van der Waals surface area contributed by atoms with Crippen LogP contribution in [0.2, 0.25) is 0 Å². The van der Waals surface area contributed by atoms with Gasteiger partial charge in [-0.1, -0.05) is 0 Å². The third-order valence-electron chi connectivity index (χ3n) is 2.53. The molecule has 3 N–H and O–H groups in total. The molecule has 1 rings (SSSR count). The Morgan fingerprint density at radius 1 is 1.41 bits per heavy atom. The number of aliphatic carboxylic acids is 1. The molecule has 0 saturated heterocycles. The second kappa shape index (κ2) is 6.10. The summed E-state index contributed by atoms with van der Waals surface area (Å²) < 4.78 is 10.3. The van der Waals surface area contributed by atoms with Gasteiger partial charge in [0, 0.05) is 0 Å². The van der Waals surface area contributed by atoms with Crippen molar-refractivity contribution in [3.8, 4) is 11.5 Å². The maximum absolute atomic E-state index is 10.6. The molecule has 1 aromatic carbocycles. The quantitative estimate of drug-likeness (QED) is 0.775. The van der Waals surface area contributed by atoms with E-state index in [-0.39, 0.29) is 0 Å². The maximum atomic E-state index is 10.6. The molecular formula is C12H17NO4. The van der Waals surface area contributed by atoms with Crippen molar-refractivity contribution in [3.63, 3.8) is 0 Å². The van der Waals surface area contributed by atoms with E-state index in [1.807, 2.05) is 6.07 Å². The Bertz CT molecular complexity index is 392. The van der Waals surface area contributed by atoms with E-state index in [1.165, 1.54) is 0 Å². The Hall–Kier alpha value is -1.75. The van der Waals surface area contributed by atoms with Crippen molar-refractivity contribution in [2.75, 3.05) is 14.2 Å².